The number of nitrogens with two attached hydrogens (primary N) is 2. The van der Waals surface area contributed by atoms with Crippen molar-refractivity contribution in [3.05, 3.63) is 0 Å². The quantitative estimate of drug-likeness (QED) is 0.550. The summed E-state index contributed by atoms with van der Waals surface area (Å²) >= 11 is 0. The summed E-state index contributed by atoms with van der Waals surface area (Å²) in [6, 6.07) is 0. The van der Waals surface area contributed by atoms with Crippen LogP contribution in [-0.2, 0) is 0 Å². The predicted octanol–water partition coefficient (Wildman–Crippen LogP) is 0.00590. The van der Waals surface area contributed by atoms with E-state index >= 15 is 0 Å². The van der Waals surface area contributed by atoms with E-state index in [0.29, 0.717) is 0 Å². The molecule has 0 saturated heterocycles. The SMILES string of the molecule is CCCCN(CCN)CCN. The Morgan fingerprint density at radius 1 is 1.00 bits per heavy atom. The molecule has 0 aliphatic carbocycles. The first-order valence-corrected chi connectivity index (χ1v) is 4.47. The lowest BCUT2D eigenvalue weighted by Gasteiger charge is -2.19. The van der Waals surface area contributed by atoms with Crippen LogP contribution in [0, 0.1) is 0 Å². The smallest absolute Gasteiger partial charge is 0.0105 e. The van der Waals surface area contributed by atoms with Gasteiger partial charge in [-0.25, -0.2) is 0 Å². The fourth-order valence-corrected chi connectivity index (χ4v) is 1.08. The van der Waals surface area contributed by atoms with Crippen LogP contribution in [0.4, 0.5) is 0 Å². The number of hydrogen-bond acceptors (Lipinski definition) is 3. The van der Waals surface area contributed by atoms with Crippen LogP contribution in [0.1, 0.15) is 19.8 Å². The summed E-state index contributed by atoms with van der Waals surface area (Å²) in [4.78, 5) is 2.32. The van der Waals surface area contributed by atoms with Crippen LogP contribution < -0.4 is 11.5 Å². The largest absolute Gasteiger partial charge is 0.329 e. The summed E-state index contributed by atoms with van der Waals surface area (Å²) in [6.45, 7) is 6.79. The third kappa shape index (κ3) is 6.28. The summed E-state index contributed by atoms with van der Waals surface area (Å²) < 4.78 is 0. The molecule has 0 unspecified atom stereocenters. The van der Waals surface area contributed by atoms with Crippen molar-refractivity contribution in [2.45, 2.75) is 19.8 Å². The van der Waals surface area contributed by atoms with E-state index in [0.717, 1.165) is 32.7 Å². The Kier molecular flexibility index (Phi) is 7.89. The van der Waals surface area contributed by atoms with Crippen molar-refractivity contribution in [2.24, 2.45) is 11.5 Å². The van der Waals surface area contributed by atoms with Crippen LogP contribution in [0.25, 0.3) is 0 Å². The van der Waals surface area contributed by atoms with Gasteiger partial charge in [-0.05, 0) is 13.0 Å². The molecule has 0 rings (SSSR count). The van der Waals surface area contributed by atoms with E-state index in [9.17, 15) is 0 Å². The van der Waals surface area contributed by atoms with Gasteiger partial charge in [0.05, 0.1) is 0 Å². The minimum atomic E-state index is 0.740. The maximum atomic E-state index is 5.45. The number of unbranched alkanes of at least 4 members (excludes halogenated alkanes) is 1. The van der Waals surface area contributed by atoms with Gasteiger partial charge in [-0.1, -0.05) is 13.3 Å². The van der Waals surface area contributed by atoms with Crippen molar-refractivity contribution in [1.82, 2.24) is 4.90 Å². The first kappa shape index (κ1) is 10.9. The second-order valence-corrected chi connectivity index (χ2v) is 2.77. The molecule has 0 saturated carbocycles. The van der Waals surface area contributed by atoms with E-state index in [2.05, 4.69) is 11.8 Å². The number of nitrogens with zero attached hydrogens (tertiary/aromatic N) is 1. The Morgan fingerprint density at radius 3 is 1.91 bits per heavy atom. The second-order valence-electron chi connectivity index (χ2n) is 2.77. The van der Waals surface area contributed by atoms with Crippen molar-refractivity contribution in [2.75, 3.05) is 32.7 Å². The molecule has 0 bridgehead atoms. The van der Waals surface area contributed by atoms with Gasteiger partial charge >= 0.3 is 0 Å². The number of rotatable bonds is 7. The van der Waals surface area contributed by atoms with Crippen LogP contribution >= 0.6 is 0 Å². The fraction of sp³-hybridized carbons (Fsp3) is 1.00. The summed E-state index contributed by atoms with van der Waals surface area (Å²) in [5, 5.41) is 0. The van der Waals surface area contributed by atoms with Gasteiger partial charge in [0, 0.05) is 26.2 Å². The molecule has 0 aliphatic heterocycles. The molecule has 0 radical (unpaired) electrons. The third-order valence-corrected chi connectivity index (χ3v) is 1.72. The molecular weight excluding hydrogens is 138 g/mol. The van der Waals surface area contributed by atoms with Gasteiger partial charge in [-0.2, -0.15) is 0 Å². The minimum Gasteiger partial charge on any atom is -0.329 e. The fourth-order valence-electron chi connectivity index (χ4n) is 1.08. The molecule has 3 heteroatoms. The zero-order chi connectivity index (χ0) is 8.53. The molecule has 3 nitrogen and oxygen atoms in total. The zero-order valence-electron chi connectivity index (χ0n) is 7.55. The molecule has 0 aromatic rings. The van der Waals surface area contributed by atoms with E-state index < -0.39 is 0 Å². The Labute approximate surface area is 69.7 Å². The van der Waals surface area contributed by atoms with E-state index in [1.807, 2.05) is 0 Å². The van der Waals surface area contributed by atoms with Crippen molar-refractivity contribution >= 4 is 0 Å². The highest BCUT2D eigenvalue weighted by molar-refractivity contribution is 4.57. The molecule has 0 heterocycles. The topological polar surface area (TPSA) is 55.3 Å². The highest BCUT2D eigenvalue weighted by Gasteiger charge is 1.99. The van der Waals surface area contributed by atoms with Crippen LogP contribution in [-0.4, -0.2) is 37.6 Å². The van der Waals surface area contributed by atoms with Crippen LogP contribution in [0.5, 0.6) is 0 Å². The van der Waals surface area contributed by atoms with Crippen LogP contribution in [0.3, 0.4) is 0 Å². The maximum absolute atomic E-state index is 5.45. The van der Waals surface area contributed by atoms with E-state index in [1.165, 1.54) is 12.8 Å². The molecule has 0 aliphatic rings. The molecule has 0 atom stereocenters. The lowest BCUT2D eigenvalue weighted by molar-refractivity contribution is 0.284. The standard InChI is InChI=1S/C8H21N3/c1-2-3-6-11(7-4-9)8-5-10/h2-10H2,1H3. The molecule has 0 amide bonds. The van der Waals surface area contributed by atoms with Crippen molar-refractivity contribution in [1.29, 1.82) is 0 Å². The van der Waals surface area contributed by atoms with Crippen molar-refractivity contribution in [3.8, 4) is 0 Å². The third-order valence-electron chi connectivity index (χ3n) is 1.72. The monoisotopic (exact) mass is 159 g/mol. The molecular formula is C8H21N3. The molecule has 0 aromatic heterocycles. The molecule has 0 aromatic carbocycles. The number of hydrogen-bond donors (Lipinski definition) is 2. The Bertz CT molecular complexity index is 69.7. The van der Waals surface area contributed by atoms with E-state index in [-0.39, 0.29) is 0 Å². The highest BCUT2D eigenvalue weighted by atomic mass is 15.1. The average molecular weight is 159 g/mol. The second kappa shape index (κ2) is 7.98. The first-order chi connectivity index (χ1) is 5.35. The van der Waals surface area contributed by atoms with Crippen molar-refractivity contribution in [3.63, 3.8) is 0 Å². The van der Waals surface area contributed by atoms with Crippen molar-refractivity contribution < 1.29 is 0 Å². The average Bonchev–Trinajstić information content (AvgIpc) is 2.01. The van der Waals surface area contributed by atoms with E-state index in [4.69, 9.17) is 11.5 Å². The van der Waals surface area contributed by atoms with Gasteiger partial charge in [-0.3, -0.25) is 0 Å². The summed E-state index contributed by atoms with van der Waals surface area (Å²) in [5.74, 6) is 0. The van der Waals surface area contributed by atoms with Gasteiger partial charge in [0.15, 0.2) is 0 Å². The highest BCUT2D eigenvalue weighted by Crippen LogP contribution is 1.92. The summed E-state index contributed by atoms with van der Waals surface area (Å²) in [6.07, 6.45) is 2.49. The van der Waals surface area contributed by atoms with Gasteiger partial charge in [-0.15, -0.1) is 0 Å². The lowest BCUT2D eigenvalue weighted by atomic mass is 10.3. The zero-order valence-corrected chi connectivity index (χ0v) is 7.55. The normalized spacial score (nSPS) is 10.9. The molecule has 11 heavy (non-hydrogen) atoms. The van der Waals surface area contributed by atoms with E-state index in [1.54, 1.807) is 0 Å². The lowest BCUT2D eigenvalue weighted by Crippen LogP contribution is -2.34. The van der Waals surface area contributed by atoms with Crippen LogP contribution in [0.2, 0.25) is 0 Å². The summed E-state index contributed by atoms with van der Waals surface area (Å²) in [5.41, 5.74) is 10.9. The van der Waals surface area contributed by atoms with Crippen LogP contribution in [0.15, 0.2) is 0 Å². The van der Waals surface area contributed by atoms with Gasteiger partial charge in [0.25, 0.3) is 0 Å². The Balaban J connectivity index is 3.34. The summed E-state index contributed by atoms with van der Waals surface area (Å²) in [7, 11) is 0. The molecule has 0 fully saturated rings. The van der Waals surface area contributed by atoms with Gasteiger partial charge in [0.1, 0.15) is 0 Å². The molecule has 68 valence electrons. The molecule has 0 spiro atoms. The Hall–Kier alpha value is -0.120. The van der Waals surface area contributed by atoms with Gasteiger partial charge in [0.2, 0.25) is 0 Å². The Morgan fingerprint density at radius 2 is 1.55 bits per heavy atom. The molecule has 4 N–H and O–H groups in total. The van der Waals surface area contributed by atoms with Gasteiger partial charge < -0.3 is 16.4 Å². The minimum absolute atomic E-state index is 0.740. The predicted molar refractivity (Wildman–Crippen MR) is 49.5 cm³/mol. The first-order valence-electron chi connectivity index (χ1n) is 4.47. The maximum Gasteiger partial charge on any atom is 0.0105 e.